The monoisotopic (exact) mass is 591 g/mol. The predicted molar refractivity (Wildman–Crippen MR) is 148 cm³/mol. The number of carbonyl (C=O) groups is 3. The van der Waals surface area contributed by atoms with Crippen molar-refractivity contribution in [2.45, 2.75) is 63.8 Å². The van der Waals surface area contributed by atoms with Gasteiger partial charge < -0.3 is 26.3 Å². The van der Waals surface area contributed by atoms with Crippen molar-refractivity contribution in [3.63, 3.8) is 0 Å². The van der Waals surface area contributed by atoms with E-state index in [1.807, 2.05) is 0 Å². The molecule has 1 amide bonds. The molecule has 0 bridgehead atoms. The number of hydrogen-bond donors (Lipinski definition) is 3. The predicted octanol–water partition coefficient (Wildman–Crippen LogP) is 4.54. The summed E-state index contributed by atoms with van der Waals surface area (Å²) in [4.78, 5) is 38.1. The second kappa shape index (κ2) is 14.1. The van der Waals surface area contributed by atoms with Gasteiger partial charge in [0.2, 0.25) is 0 Å². The number of fused-ring (bicyclic) bond motifs is 1. The van der Waals surface area contributed by atoms with Crippen molar-refractivity contribution >= 4 is 54.1 Å². The topological polar surface area (TPSA) is 134 Å². The highest BCUT2D eigenvalue weighted by atomic mass is 35.5. The number of esters is 1. The lowest BCUT2D eigenvalue weighted by atomic mass is 9.85. The van der Waals surface area contributed by atoms with Gasteiger partial charge in [0.1, 0.15) is 23.2 Å². The van der Waals surface area contributed by atoms with E-state index in [4.69, 9.17) is 32.5 Å². The Bertz CT molecular complexity index is 1160. The average Bonchev–Trinajstić information content (AvgIpc) is 2.82. The number of benzene rings is 2. The molecule has 12 heteroatoms. The molecule has 2 aromatic carbocycles. The van der Waals surface area contributed by atoms with Crippen LogP contribution in [0.2, 0.25) is 5.02 Å². The molecular formula is C26H33Cl3FN3O5. The minimum Gasteiger partial charge on any atom is -0.484 e. The molecule has 0 unspecified atom stereocenters. The SMILES string of the molecule is CC(=O)c1ccc2c(c1)[C@H](NC(=O)c1ccc(F)c(Cl)c1)[C@H](OC(=O)[C@@H](N)CCCCN)C(C)(C)O2.Cl.Cl. The number of nitrogens with one attached hydrogen (secondary N) is 1. The zero-order valence-corrected chi connectivity index (χ0v) is 23.7. The van der Waals surface area contributed by atoms with Crippen LogP contribution < -0.4 is 21.5 Å². The van der Waals surface area contributed by atoms with Crippen LogP contribution in [0.15, 0.2) is 36.4 Å². The summed E-state index contributed by atoms with van der Waals surface area (Å²) in [5.74, 6) is -1.65. The second-order valence-corrected chi connectivity index (χ2v) is 9.75. The van der Waals surface area contributed by atoms with Crippen LogP contribution in [-0.2, 0) is 9.53 Å². The lowest BCUT2D eigenvalue weighted by Crippen LogP contribution is -2.56. The van der Waals surface area contributed by atoms with Crippen LogP contribution in [0.5, 0.6) is 5.75 Å². The largest absolute Gasteiger partial charge is 0.484 e. The second-order valence-electron chi connectivity index (χ2n) is 9.34. The quantitative estimate of drug-likeness (QED) is 0.221. The van der Waals surface area contributed by atoms with Crippen LogP contribution in [0, 0.1) is 5.82 Å². The van der Waals surface area contributed by atoms with E-state index in [-0.39, 0.29) is 41.2 Å². The van der Waals surface area contributed by atoms with Gasteiger partial charge in [-0.25, -0.2) is 4.39 Å². The Morgan fingerprint density at radius 3 is 2.39 bits per heavy atom. The number of nitrogens with two attached hydrogens (primary N) is 2. The van der Waals surface area contributed by atoms with Crippen LogP contribution in [0.4, 0.5) is 4.39 Å². The molecule has 0 aromatic heterocycles. The van der Waals surface area contributed by atoms with Crippen molar-refractivity contribution in [3.8, 4) is 5.75 Å². The summed E-state index contributed by atoms with van der Waals surface area (Å²) < 4.78 is 25.6. The molecule has 0 spiro atoms. The minimum atomic E-state index is -1.07. The highest BCUT2D eigenvalue weighted by Crippen LogP contribution is 2.42. The molecule has 3 atom stereocenters. The van der Waals surface area contributed by atoms with Crippen LogP contribution in [0.3, 0.4) is 0 Å². The smallest absolute Gasteiger partial charge is 0.323 e. The maximum absolute atomic E-state index is 13.6. The molecule has 1 heterocycles. The van der Waals surface area contributed by atoms with Crippen LogP contribution >= 0.6 is 36.4 Å². The first kappa shape index (κ1) is 33.6. The molecule has 0 aliphatic carbocycles. The Hall–Kier alpha value is -2.43. The van der Waals surface area contributed by atoms with Crippen LogP contribution in [0.25, 0.3) is 0 Å². The summed E-state index contributed by atoms with van der Waals surface area (Å²) in [5.41, 5.74) is 11.5. The molecule has 1 aliphatic heterocycles. The Balaban J connectivity index is 0.00000361. The molecule has 0 saturated carbocycles. The van der Waals surface area contributed by atoms with Crippen molar-refractivity contribution in [2.24, 2.45) is 11.5 Å². The average molecular weight is 593 g/mol. The molecule has 5 N–H and O–H groups in total. The zero-order valence-electron chi connectivity index (χ0n) is 21.3. The van der Waals surface area contributed by atoms with Gasteiger partial charge >= 0.3 is 5.97 Å². The highest BCUT2D eigenvalue weighted by molar-refractivity contribution is 6.31. The van der Waals surface area contributed by atoms with E-state index in [1.165, 1.54) is 19.1 Å². The fourth-order valence-corrected chi connectivity index (χ4v) is 4.25. The minimum absolute atomic E-state index is 0. The van der Waals surface area contributed by atoms with Crippen LogP contribution in [0.1, 0.15) is 72.4 Å². The molecule has 38 heavy (non-hydrogen) atoms. The molecule has 3 rings (SSSR count). The molecule has 0 radical (unpaired) electrons. The first-order valence-electron chi connectivity index (χ1n) is 11.7. The number of Topliss-reactive ketones (excluding diaryl/α,β-unsaturated/α-hetero) is 1. The van der Waals surface area contributed by atoms with Crippen LogP contribution in [-0.4, -0.2) is 42.0 Å². The third-order valence-electron chi connectivity index (χ3n) is 6.10. The number of rotatable bonds is 9. The molecular weight excluding hydrogens is 560 g/mol. The van der Waals surface area contributed by atoms with E-state index in [9.17, 15) is 18.8 Å². The lowest BCUT2D eigenvalue weighted by Gasteiger charge is -2.44. The van der Waals surface area contributed by atoms with E-state index in [1.54, 1.807) is 32.0 Å². The molecule has 1 aliphatic rings. The summed E-state index contributed by atoms with van der Waals surface area (Å²) in [7, 11) is 0. The van der Waals surface area contributed by atoms with Gasteiger partial charge in [-0.1, -0.05) is 18.0 Å². The van der Waals surface area contributed by atoms with Gasteiger partial charge in [-0.05, 0) is 76.6 Å². The molecule has 8 nitrogen and oxygen atoms in total. The number of unbranched alkanes of at least 4 members (excludes halogenated alkanes) is 1. The van der Waals surface area contributed by atoms with Gasteiger partial charge in [0.15, 0.2) is 11.9 Å². The zero-order chi connectivity index (χ0) is 26.6. The van der Waals surface area contributed by atoms with Gasteiger partial charge in [0.25, 0.3) is 5.91 Å². The summed E-state index contributed by atoms with van der Waals surface area (Å²) in [5, 5.41) is 2.65. The summed E-state index contributed by atoms with van der Waals surface area (Å²) >= 11 is 5.86. The number of carbonyl (C=O) groups excluding carboxylic acids is 3. The van der Waals surface area contributed by atoms with Gasteiger partial charge in [-0.2, -0.15) is 0 Å². The Morgan fingerprint density at radius 2 is 1.79 bits per heavy atom. The summed E-state index contributed by atoms with van der Waals surface area (Å²) in [6.07, 6.45) is 0.771. The first-order valence-corrected chi connectivity index (χ1v) is 12.1. The van der Waals surface area contributed by atoms with E-state index >= 15 is 0 Å². The van der Waals surface area contributed by atoms with Gasteiger partial charge in [0, 0.05) is 16.7 Å². The van der Waals surface area contributed by atoms with E-state index < -0.39 is 41.5 Å². The maximum Gasteiger partial charge on any atom is 0.323 e. The van der Waals surface area contributed by atoms with Gasteiger partial charge in [-0.3, -0.25) is 14.4 Å². The van der Waals surface area contributed by atoms with E-state index in [0.29, 0.717) is 36.3 Å². The lowest BCUT2D eigenvalue weighted by molar-refractivity contribution is -0.167. The molecule has 210 valence electrons. The summed E-state index contributed by atoms with van der Waals surface area (Å²) in [6, 6.07) is 6.65. The molecule has 2 aromatic rings. The van der Waals surface area contributed by atoms with Gasteiger partial charge in [0.05, 0.1) is 11.1 Å². The number of ketones is 1. The summed E-state index contributed by atoms with van der Waals surface area (Å²) in [6.45, 7) is 5.35. The number of ether oxygens (including phenoxy) is 2. The Labute approximate surface area is 238 Å². The number of amides is 1. The fraction of sp³-hybridized carbons (Fsp3) is 0.423. The van der Waals surface area contributed by atoms with Crippen molar-refractivity contribution in [2.75, 3.05) is 6.54 Å². The van der Waals surface area contributed by atoms with E-state index in [0.717, 1.165) is 12.5 Å². The van der Waals surface area contributed by atoms with Crippen molar-refractivity contribution < 1.29 is 28.2 Å². The van der Waals surface area contributed by atoms with Crippen molar-refractivity contribution in [1.82, 2.24) is 5.32 Å². The molecule has 0 fully saturated rings. The standard InChI is InChI=1S/C26H31ClFN3O5.2ClH/c1-14(32)15-8-10-21-17(12-15)22(31-24(33)16-7-9-19(28)18(27)13-16)23(26(2,3)36-21)35-25(34)20(30)6-4-5-11-29;;/h7-10,12-13,20,22-23H,4-6,11,29-30H2,1-3H3,(H,31,33);2*1H/t20-,22-,23-;;/m0../s1. The van der Waals surface area contributed by atoms with Crippen molar-refractivity contribution in [3.05, 3.63) is 63.9 Å². The third kappa shape index (κ3) is 7.80. The van der Waals surface area contributed by atoms with E-state index in [2.05, 4.69) is 5.32 Å². The fourth-order valence-electron chi connectivity index (χ4n) is 4.07. The first-order chi connectivity index (χ1) is 16.9. The number of hydrogen-bond acceptors (Lipinski definition) is 7. The Morgan fingerprint density at radius 1 is 1.13 bits per heavy atom. The Kier molecular flexibility index (Phi) is 12.5. The normalized spacial score (nSPS) is 18.0. The molecule has 0 saturated heterocycles. The van der Waals surface area contributed by atoms with Gasteiger partial charge in [-0.15, -0.1) is 24.8 Å². The maximum atomic E-state index is 13.6. The highest BCUT2D eigenvalue weighted by Gasteiger charge is 2.48. The third-order valence-corrected chi connectivity index (χ3v) is 6.39. The van der Waals surface area contributed by atoms with Crippen molar-refractivity contribution in [1.29, 1.82) is 0 Å². The number of halogens is 4.